The molecule has 8 heteroatoms. The number of alkyl halides is 3. The molecule has 27 heavy (non-hydrogen) atoms. The number of thioether (sulfide) groups is 1. The summed E-state index contributed by atoms with van der Waals surface area (Å²) in [6, 6.07) is 10.6. The predicted molar refractivity (Wildman–Crippen MR) is 98.9 cm³/mol. The minimum absolute atomic E-state index is 0.0119. The number of nitrogens with zero attached hydrogens (tertiary/aromatic N) is 1. The van der Waals surface area contributed by atoms with Gasteiger partial charge in [0.2, 0.25) is 11.8 Å². The SMILES string of the molecule is Cc1cccc(SC(C)C(=O)N2CC(=O)Nc3cc(C(F)(F)F)ccc32)c1. The molecule has 0 bridgehead atoms. The van der Waals surface area contributed by atoms with Crippen molar-refractivity contribution in [1.82, 2.24) is 0 Å². The monoisotopic (exact) mass is 394 g/mol. The lowest BCUT2D eigenvalue weighted by Crippen LogP contribution is -2.45. The molecule has 0 aromatic heterocycles. The normalized spacial score (nSPS) is 15.1. The van der Waals surface area contributed by atoms with Gasteiger partial charge in [-0.3, -0.25) is 14.5 Å². The van der Waals surface area contributed by atoms with Crippen LogP contribution in [0.25, 0.3) is 0 Å². The molecule has 1 N–H and O–H groups in total. The second kappa shape index (κ2) is 7.26. The van der Waals surface area contributed by atoms with Crippen molar-refractivity contribution in [2.45, 2.75) is 30.2 Å². The van der Waals surface area contributed by atoms with Crippen LogP contribution in [0.2, 0.25) is 0 Å². The molecule has 142 valence electrons. The molecule has 1 heterocycles. The molecule has 4 nitrogen and oxygen atoms in total. The number of fused-ring (bicyclic) bond motifs is 1. The zero-order valence-electron chi connectivity index (χ0n) is 14.6. The highest BCUT2D eigenvalue weighted by atomic mass is 32.2. The lowest BCUT2D eigenvalue weighted by atomic mass is 10.1. The van der Waals surface area contributed by atoms with Crippen molar-refractivity contribution in [3.63, 3.8) is 0 Å². The quantitative estimate of drug-likeness (QED) is 0.781. The van der Waals surface area contributed by atoms with Crippen LogP contribution in [0.4, 0.5) is 24.5 Å². The number of carbonyl (C=O) groups is 2. The first-order valence-corrected chi connectivity index (χ1v) is 9.09. The van der Waals surface area contributed by atoms with Gasteiger partial charge in [0.05, 0.1) is 22.2 Å². The summed E-state index contributed by atoms with van der Waals surface area (Å²) in [5, 5.41) is 1.91. The highest BCUT2D eigenvalue weighted by Crippen LogP contribution is 2.38. The van der Waals surface area contributed by atoms with Crippen molar-refractivity contribution in [2.75, 3.05) is 16.8 Å². The molecule has 1 atom stereocenters. The van der Waals surface area contributed by atoms with Gasteiger partial charge in [-0.2, -0.15) is 13.2 Å². The third kappa shape index (κ3) is 4.27. The van der Waals surface area contributed by atoms with E-state index in [9.17, 15) is 22.8 Å². The van der Waals surface area contributed by atoms with E-state index in [2.05, 4.69) is 5.32 Å². The Kier molecular flexibility index (Phi) is 5.19. The third-order valence-corrected chi connectivity index (χ3v) is 5.19. The average Bonchev–Trinajstić information content (AvgIpc) is 2.59. The van der Waals surface area contributed by atoms with Crippen molar-refractivity contribution in [3.05, 3.63) is 53.6 Å². The first-order valence-electron chi connectivity index (χ1n) is 8.21. The van der Waals surface area contributed by atoms with Crippen LogP contribution in [0, 0.1) is 6.92 Å². The van der Waals surface area contributed by atoms with E-state index >= 15 is 0 Å². The summed E-state index contributed by atoms with van der Waals surface area (Å²) in [5.74, 6) is -0.861. The standard InChI is InChI=1S/C19H17F3N2O2S/c1-11-4-3-5-14(8-11)27-12(2)18(26)24-10-17(25)23-15-9-13(19(20,21)22)6-7-16(15)24/h3-9,12H,10H2,1-2H3,(H,23,25). The van der Waals surface area contributed by atoms with Gasteiger partial charge < -0.3 is 5.32 Å². The molecule has 0 saturated carbocycles. The smallest absolute Gasteiger partial charge is 0.323 e. The van der Waals surface area contributed by atoms with Crippen LogP contribution in [0.3, 0.4) is 0 Å². The molecular weight excluding hydrogens is 377 g/mol. The Labute approximate surface area is 158 Å². The summed E-state index contributed by atoms with van der Waals surface area (Å²) < 4.78 is 38.8. The Morgan fingerprint density at radius 2 is 1.96 bits per heavy atom. The van der Waals surface area contributed by atoms with E-state index in [0.29, 0.717) is 0 Å². The second-order valence-corrected chi connectivity index (χ2v) is 7.69. The molecular formula is C19H17F3N2O2S. The molecule has 3 rings (SSSR count). The fraction of sp³-hybridized carbons (Fsp3) is 0.263. The lowest BCUT2D eigenvalue weighted by Gasteiger charge is -2.31. The highest BCUT2D eigenvalue weighted by Gasteiger charge is 2.35. The Hall–Kier alpha value is -2.48. The second-order valence-electron chi connectivity index (χ2n) is 6.28. The van der Waals surface area contributed by atoms with Crippen molar-refractivity contribution in [2.24, 2.45) is 0 Å². The number of anilines is 2. The van der Waals surface area contributed by atoms with Gasteiger partial charge in [0, 0.05) is 4.90 Å². The molecule has 1 aliphatic heterocycles. The van der Waals surface area contributed by atoms with Crippen LogP contribution in [-0.2, 0) is 15.8 Å². The van der Waals surface area contributed by atoms with E-state index in [1.807, 2.05) is 31.2 Å². The summed E-state index contributed by atoms with van der Waals surface area (Å²) in [5.41, 5.74) is 0.437. The lowest BCUT2D eigenvalue weighted by molar-refractivity contribution is -0.137. The van der Waals surface area contributed by atoms with Gasteiger partial charge >= 0.3 is 6.18 Å². The van der Waals surface area contributed by atoms with Gasteiger partial charge in [0.1, 0.15) is 6.54 Å². The molecule has 0 fully saturated rings. The van der Waals surface area contributed by atoms with Crippen LogP contribution in [0.1, 0.15) is 18.1 Å². The minimum atomic E-state index is -4.53. The predicted octanol–water partition coefficient (Wildman–Crippen LogP) is 4.48. The minimum Gasteiger partial charge on any atom is -0.323 e. The highest BCUT2D eigenvalue weighted by molar-refractivity contribution is 8.00. The Morgan fingerprint density at radius 1 is 1.22 bits per heavy atom. The number of aryl methyl sites for hydroxylation is 1. The fourth-order valence-electron chi connectivity index (χ4n) is 2.83. The van der Waals surface area contributed by atoms with Gasteiger partial charge in [-0.15, -0.1) is 11.8 Å². The van der Waals surface area contributed by atoms with Gasteiger partial charge in [0.15, 0.2) is 0 Å². The third-order valence-electron chi connectivity index (χ3n) is 4.11. The molecule has 2 aromatic carbocycles. The van der Waals surface area contributed by atoms with E-state index in [1.165, 1.54) is 22.7 Å². The largest absolute Gasteiger partial charge is 0.416 e. The summed E-state index contributed by atoms with van der Waals surface area (Å²) in [6.07, 6.45) is -4.53. The Morgan fingerprint density at radius 3 is 2.63 bits per heavy atom. The summed E-state index contributed by atoms with van der Waals surface area (Å²) in [4.78, 5) is 27.0. The number of benzene rings is 2. The number of hydrogen-bond acceptors (Lipinski definition) is 3. The Bertz CT molecular complexity index is 899. The van der Waals surface area contributed by atoms with E-state index in [4.69, 9.17) is 0 Å². The van der Waals surface area contributed by atoms with Crippen LogP contribution in [0.15, 0.2) is 47.4 Å². The van der Waals surface area contributed by atoms with Gasteiger partial charge in [0.25, 0.3) is 0 Å². The number of carbonyl (C=O) groups excluding carboxylic acids is 2. The molecule has 0 aliphatic carbocycles. The zero-order chi connectivity index (χ0) is 19.8. The molecule has 2 aromatic rings. The maximum absolute atomic E-state index is 12.9. The number of halogens is 3. The van der Waals surface area contributed by atoms with Crippen LogP contribution in [-0.4, -0.2) is 23.6 Å². The first-order chi connectivity index (χ1) is 12.6. The summed E-state index contributed by atoms with van der Waals surface area (Å²) in [6.45, 7) is 3.43. The molecule has 1 unspecified atom stereocenters. The van der Waals surface area contributed by atoms with E-state index in [-0.39, 0.29) is 23.8 Å². The maximum Gasteiger partial charge on any atom is 0.416 e. The zero-order valence-corrected chi connectivity index (χ0v) is 15.4. The molecule has 1 aliphatic rings. The number of amides is 2. The van der Waals surface area contributed by atoms with Crippen LogP contribution in [0.5, 0.6) is 0 Å². The fourth-order valence-corrected chi connectivity index (χ4v) is 3.87. The molecule has 0 saturated heterocycles. The average molecular weight is 394 g/mol. The van der Waals surface area contributed by atoms with Crippen LogP contribution >= 0.6 is 11.8 Å². The van der Waals surface area contributed by atoms with Gasteiger partial charge in [-0.25, -0.2) is 0 Å². The molecule has 2 amide bonds. The van der Waals surface area contributed by atoms with Crippen molar-refractivity contribution < 1.29 is 22.8 Å². The van der Waals surface area contributed by atoms with E-state index < -0.39 is 22.9 Å². The summed E-state index contributed by atoms with van der Waals surface area (Å²) >= 11 is 1.34. The van der Waals surface area contributed by atoms with Crippen molar-refractivity contribution in [3.8, 4) is 0 Å². The van der Waals surface area contributed by atoms with Gasteiger partial charge in [-0.05, 0) is 44.2 Å². The molecule has 0 spiro atoms. The Balaban J connectivity index is 1.86. The molecule has 0 radical (unpaired) electrons. The first kappa shape index (κ1) is 19.3. The van der Waals surface area contributed by atoms with Crippen LogP contribution < -0.4 is 10.2 Å². The number of nitrogens with one attached hydrogen (secondary N) is 1. The summed E-state index contributed by atoms with van der Waals surface area (Å²) in [7, 11) is 0. The topological polar surface area (TPSA) is 49.4 Å². The van der Waals surface area contributed by atoms with Crippen molar-refractivity contribution >= 4 is 35.0 Å². The van der Waals surface area contributed by atoms with E-state index in [0.717, 1.165) is 22.6 Å². The van der Waals surface area contributed by atoms with Crippen molar-refractivity contribution in [1.29, 1.82) is 0 Å². The van der Waals surface area contributed by atoms with E-state index in [1.54, 1.807) is 6.92 Å². The maximum atomic E-state index is 12.9. The number of rotatable bonds is 3. The van der Waals surface area contributed by atoms with Gasteiger partial charge in [-0.1, -0.05) is 17.7 Å². The number of hydrogen-bond donors (Lipinski definition) is 1.